The molecule has 2 heteroatoms. The Kier molecular flexibility index (Phi) is 6.06. The number of nitrogens with two attached hydrogens (primary N) is 1. The molecule has 0 heterocycles. The number of nitrogens with zero attached hydrogens (tertiary/aromatic N) is 1. The van der Waals surface area contributed by atoms with Crippen LogP contribution in [0.3, 0.4) is 0 Å². The fourth-order valence-corrected chi connectivity index (χ4v) is 2.31. The molecule has 0 atom stereocenters. The van der Waals surface area contributed by atoms with E-state index in [0.717, 1.165) is 18.2 Å². The highest BCUT2D eigenvalue weighted by molar-refractivity contribution is 5.39. The summed E-state index contributed by atoms with van der Waals surface area (Å²) in [6, 6.07) is 8.97. The van der Waals surface area contributed by atoms with Gasteiger partial charge >= 0.3 is 0 Å². The van der Waals surface area contributed by atoms with Gasteiger partial charge in [-0.1, -0.05) is 26.0 Å². The number of aryl methyl sites for hydroxylation is 1. The Labute approximate surface area is 106 Å². The number of benzene rings is 1. The maximum atomic E-state index is 5.67. The van der Waals surface area contributed by atoms with Crippen LogP contribution in [0.2, 0.25) is 0 Å². The molecule has 0 saturated heterocycles. The zero-order valence-electron chi connectivity index (χ0n) is 11.4. The fraction of sp³-hybridized carbons (Fsp3) is 0.600. The summed E-state index contributed by atoms with van der Waals surface area (Å²) in [6.45, 7) is 5.71. The molecule has 0 spiro atoms. The topological polar surface area (TPSA) is 29.3 Å². The number of hydrogen-bond acceptors (Lipinski definition) is 2. The summed E-state index contributed by atoms with van der Waals surface area (Å²) >= 11 is 0. The molecule has 0 saturated carbocycles. The monoisotopic (exact) mass is 234 g/mol. The van der Waals surface area contributed by atoms with E-state index in [1.165, 1.54) is 31.4 Å². The van der Waals surface area contributed by atoms with Gasteiger partial charge in [-0.25, -0.2) is 0 Å². The van der Waals surface area contributed by atoms with Crippen molar-refractivity contribution in [2.24, 2.45) is 0 Å². The van der Waals surface area contributed by atoms with E-state index in [4.69, 9.17) is 5.73 Å². The Bertz CT molecular complexity index is 301. The van der Waals surface area contributed by atoms with Crippen LogP contribution in [0, 0.1) is 0 Å². The summed E-state index contributed by atoms with van der Waals surface area (Å²) in [5.41, 5.74) is 7.91. The number of nitrogen functional groups attached to an aromatic ring is 1. The first kappa shape index (κ1) is 14.0. The second-order valence-electron chi connectivity index (χ2n) is 4.80. The van der Waals surface area contributed by atoms with E-state index in [1.54, 1.807) is 0 Å². The van der Waals surface area contributed by atoms with Crippen LogP contribution in [0.25, 0.3) is 0 Å². The summed E-state index contributed by atoms with van der Waals surface area (Å²) in [6.07, 6.45) is 4.85. The van der Waals surface area contributed by atoms with E-state index < -0.39 is 0 Å². The highest BCUT2D eigenvalue weighted by Crippen LogP contribution is 2.10. The summed E-state index contributed by atoms with van der Waals surface area (Å²) in [7, 11) is 2.24. The molecule has 0 aromatic heterocycles. The summed E-state index contributed by atoms with van der Waals surface area (Å²) in [4.78, 5) is 2.48. The van der Waals surface area contributed by atoms with Gasteiger partial charge in [0.05, 0.1) is 0 Å². The first-order valence-electron chi connectivity index (χ1n) is 6.72. The molecule has 0 bridgehead atoms. The molecule has 1 aromatic carbocycles. The van der Waals surface area contributed by atoms with Gasteiger partial charge in [-0.3, -0.25) is 0 Å². The van der Waals surface area contributed by atoms with Gasteiger partial charge in [0.25, 0.3) is 0 Å². The number of hydrogen-bond donors (Lipinski definition) is 1. The number of anilines is 1. The maximum Gasteiger partial charge on any atom is 0.0314 e. The molecule has 0 radical (unpaired) electrons. The lowest BCUT2D eigenvalue weighted by Gasteiger charge is -2.25. The molecule has 0 fully saturated rings. The lowest BCUT2D eigenvalue weighted by Crippen LogP contribution is -2.31. The summed E-state index contributed by atoms with van der Waals surface area (Å²) < 4.78 is 0. The lowest BCUT2D eigenvalue weighted by atomic mass is 10.1. The normalized spacial score (nSPS) is 11.4. The van der Waals surface area contributed by atoms with Crippen molar-refractivity contribution in [3.8, 4) is 0 Å². The molecule has 0 unspecified atom stereocenters. The maximum absolute atomic E-state index is 5.67. The third kappa shape index (κ3) is 4.78. The molecule has 2 N–H and O–H groups in total. The highest BCUT2D eigenvalue weighted by atomic mass is 15.1. The van der Waals surface area contributed by atoms with E-state index in [0.29, 0.717) is 0 Å². The van der Waals surface area contributed by atoms with Crippen LogP contribution in [0.5, 0.6) is 0 Å². The smallest absolute Gasteiger partial charge is 0.0314 e. The Balaban J connectivity index is 2.30. The number of rotatable bonds is 7. The Hall–Kier alpha value is -1.02. The van der Waals surface area contributed by atoms with Crippen molar-refractivity contribution in [2.75, 3.05) is 19.3 Å². The van der Waals surface area contributed by atoms with Crippen molar-refractivity contribution in [3.63, 3.8) is 0 Å². The van der Waals surface area contributed by atoms with Gasteiger partial charge in [0, 0.05) is 11.7 Å². The minimum absolute atomic E-state index is 0.737. The molecule has 1 rings (SSSR count). The van der Waals surface area contributed by atoms with E-state index >= 15 is 0 Å². The third-order valence-electron chi connectivity index (χ3n) is 3.52. The van der Waals surface area contributed by atoms with Crippen LogP contribution in [0.15, 0.2) is 24.3 Å². The SMILES string of the molecule is CCC(CC)N(C)CCCc1ccc(N)cc1. The standard InChI is InChI=1S/C15H26N2/c1-4-15(5-2)17(3)12-6-7-13-8-10-14(16)11-9-13/h8-11,15H,4-7,12,16H2,1-3H3. The summed E-state index contributed by atoms with van der Waals surface area (Å²) in [5.74, 6) is 0. The van der Waals surface area contributed by atoms with E-state index in [1.807, 2.05) is 12.1 Å². The predicted molar refractivity (Wildman–Crippen MR) is 76.2 cm³/mol. The Morgan fingerprint density at radius 1 is 1.12 bits per heavy atom. The van der Waals surface area contributed by atoms with Gasteiger partial charge in [-0.05, 0) is 57.0 Å². The Morgan fingerprint density at radius 2 is 1.71 bits per heavy atom. The van der Waals surface area contributed by atoms with Crippen LogP contribution in [0.1, 0.15) is 38.7 Å². The molecule has 96 valence electrons. The van der Waals surface area contributed by atoms with Gasteiger partial charge in [0.15, 0.2) is 0 Å². The van der Waals surface area contributed by atoms with Crippen LogP contribution in [-0.4, -0.2) is 24.5 Å². The predicted octanol–water partition coefficient (Wildman–Crippen LogP) is 3.32. The van der Waals surface area contributed by atoms with E-state index in [-0.39, 0.29) is 0 Å². The second-order valence-corrected chi connectivity index (χ2v) is 4.80. The molecule has 0 amide bonds. The molecule has 0 aliphatic heterocycles. The quantitative estimate of drug-likeness (QED) is 0.733. The van der Waals surface area contributed by atoms with Gasteiger partial charge in [-0.15, -0.1) is 0 Å². The molecule has 2 nitrogen and oxygen atoms in total. The second kappa shape index (κ2) is 7.33. The zero-order chi connectivity index (χ0) is 12.7. The Morgan fingerprint density at radius 3 is 2.24 bits per heavy atom. The van der Waals surface area contributed by atoms with Crippen molar-refractivity contribution in [1.29, 1.82) is 0 Å². The fourth-order valence-electron chi connectivity index (χ4n) is 2.31. The van der Waals surface area contributed by atoms with Crippen molar-refractivity contribution in [1.82, 2.24) is 4.90 Å². The van der Waals surface area contributed by atoms with Crippen molar-refractivity contribution < 1.29 is 0 Å². The molecule has 1 aromatic rings. The molecular weight excluding hydrogens is 208 g/mol. The largest absolute Gasteiger partial charge is 0.399 e. The zero-order valence-corrected chi connectivity index (χ0v) is 11.4. The molecule has 0 aliphatic rings. The molecule has 0 aliphatic carbocycles. The first-order chi connectivity index (χ1) is 8.17. The van der Waals surface area contributed by atoms with E-state index in [9.17, 15) is 0 Å². The van der Waals surface area contributed by atoms with Crippen molar-refractivity contribution in [2.45, 2.75) is 45.6 Å². The molecule has 17 heavy (non-hydrogen) atoms. The van der Waals surface area contributed by atoms with Crippen LogP contribution >= 0.6 is 0 Å². The van der Waals surface area contributed by atoms with Crippen molar-refractivity contribution >= 4 is 5.69 Å². The molecular formula is C15H26N2. The van der Waals surface area contributed by atoms with Crippen molar-refractivity contribution in [3.05, 3.63) is 29.8 Å². The van der Waals surface area contributed by atoms with Crippen LogP contribution in [-0.2, 0) is 6.42 Å². The van der Waals surface area contributed by atoms with Crippen LogP contribution < -0.4 is 5.73 Å². The third-order valence-corrected chi connectivity index (χ3v) is 3.52. The van der Waals surface area contributed by atoms with Gasteiger partial charge in [0.2, 0.25) is 0 Å². The average molecular weight is 234 g/mol. The summed E-state index contributed by atoms with van der Waals surface area (Å²) in [5, 5.41) is 0. The highest BCUT2D eigenvalue weighted by Gasteiger charge is 2.09. The minimum atomic E-state index is 0.737. The van der Waals surface area contributed by atoms with Crippen LogP contribution in [0.4, 0.5) is 5.69 Å². The van der Waals surface area contributed by atoms with Gasteiger partial charge in [0.1, 0.15) is 0 Å². The minimum Gasteiger partial charge on any atom is -0.399 e. The average Bonchev–Trinajstić information content (AvgIpc) is 2.33. The lowest BCUT2D eigenvalue weighted by molar-refractivity contribution is 0.227. The van der Waals surface area contributed by atoms with Gasteiger partial charge in [-0.2, -0.15) is 0 Å². The van der Waals surface area contributed by atoms with E-state index in [2.05, 4.69) is 37.9 Å². The first-order valence-corrected chi connectivity index (χ1v) is 6.72. The van der Waals surface area contributed by atoms with Gasteiger partial charge < -0.3 is 10.6 Å².